The number of aryl methyl sites for hydroxylation is 1. The van der Waals surface area contributed by atoms with Crippen LogP contribution in [0.4, 0.5) is 5.13 Å². The second kappa shape index (κ2) is 7.95. The van der Waals surface area contributed by atoms with Gasteiger partial charge in [-0.2, -0.15) is 0 Å². The molecule has 0 spiro atoms. The van der Waals surface area contributed by atoms with Crippen molar-refractivity contribution in [2.45, 2.75) is 47.6 Å². The maximum Gasteiger partial charge on any atom is 0.249 e. The van der Waals surface area contributed by atoms with E-state index in [0.29, 0.717) is 5.13 Å². The number of benzene rings is 1. The lowest BCUT2D eigenvalue weighted by atomic mass is 9.93. The van der Waals surface area contributed by atoms with Gasteiger partial charge in [0.05, 0.1) is 0 Å². The zero-order valence-corrected chi connectivity index (χ0v) is 16.9. The van der Waals surface area contributed by atoms with E-state index in [1.165, 1.54) is 11.3 Å². The zero-order valence-electron chi connectivity index (χ0n) is 16.1. The van der Waals surface area contributed by atoms with Crippen LogP contribution < -0.4 is 10.6 Å². The summed E-state index contributed by atoms with van der Waals surface area (Å²) in [5, 5.41) is 15.0. The molecule has 0 aliphatic rings. The second-order valence-corrected chi connectivity index (χ2v) is 8.69. The monoisotopic (exact) mass is 374 g/mol. The summed E-state index contributed by atoms with van der Waals surface area (Å²) in [6, 6.07) is 7.32. The first-order chi connectivity index (χ1) is 12.1. The average molecular weight is 375 g/mol. The third-order valence-electron chi connectivity index (χ3n) is 3.84. The van der Waals surface area contributed by atoms with E-state index in [9.17, 15) is 9.59 Å². The van der Waals surface area contributed by atoms with Crippen LogP contribution in [0.2, 0.25) is 0 Å². The predicted octanol–water partition coefficient (Wildman–Crippen LogP) is 3.64. The molecular weight excluding hydrogens is 348 g/mol. The van der Waals surface area contributed by atoms with Crippen LogP contribution in [0, 0.1) is 18.3 Å². The molecule has 26 heavy (non-hydrogen) atoms. The Labute approximate surface area is 158 Å². The van der Waals surface area contributed by atoms with Crippen molar-refractivity contribution in [1.82, 2.24) is 15.5 Å². The molecule has 6 nitrogen and oxygen atoms in total. The Balaban J connectivity index is 2.11. The highest BCUT2D eigenvalue weighted by Gasteiger charge is 2.30. The average Bonchev–Trinajstić information content (AvgIpc) is 2.99. The molecule has 0 bridgehead atoms. The van der Waals surface area contributed by atoms with E-state index < -0.39 is 11.5 Å². The van der Waals surface area contributed by atoms with Crippen LogP contribution in [-0.4, -0.2) is 28.1 Å². The van der Waals surface area contributed by atoms with Crippen molar-refractivity contribution < 1.29 is 9.59 Å². The molecule has 1 unspecified atom stereocenters. The Morgan fingerprint density at radius 2 is 1.85 bits per heavy atom. The summed E-state index contributed by atoms with van der Waals surface area (Å²) in [7, 11) is 0. The molecule has 1 heterocycles. The summed E-state index contributed by atoms with van der Waals surface area (Å²) in [4.78, 5) is 24.9. The Bertz CT molecular complexity index is 793. The number of carbonyl (C=O) groups excluding carboxylic acids is 2. The fourth-order valence-corrected chi connectivity index (χ4v) is 2.99. The fraction of sp³-hybridized carbons (Fsp3) is 0.474. The molecule has 2 N–H and O–H groups in total. The topological polar surface area (TPSA) is 84.0 Å². The van der Waals surface area contributed by atoms with E-state index in [4.69, 9.17) is 0 Å². The third-order valence-corrected chi connectivity index (χ3v) is 4.72. The summed E-state index contributed by atoms with van der Waals surface area (Å²) >= 11 is 1.31. The van der Waals surface area contributed by atoms with Crippen molar-refractivity contribution in [3.8, 4) is 10.6 Å². The number of nitrogens with zero attached hydrogens (tertiary/aromatic N) is 2. The number of anilines is 1. The van der Waals surface area contributed by atoms with Crippen LogP contribution in [0.5, 0.6) is 0 Å². The molecule has 0 saturated carbocycles. The number of nitrogens with one attached hydrogen (secondary N) is 2. The molecule has 2 amide bonds. The Kier molecular flexibility index (Phi) is 6.13. The van der Waals surface area contributed by atoms with Crippen molar-refractivity contribution in [2.75, 3.05) is 5.32 Å². The maximum atomic E-state index is 12.6. The molecule has 2 aromatic rings. The van der Waals surface area contributed by atoms with E-state index in [1.807, 2.05) is 65.8 Å². The van der Waals surface area contributed by atoms with Crippen molar-refractivity contribution in [3.63, 3.8) is 0 Å². The Hall–Kier alpha value is -2.28. The van der Waals surface area contributed by atoms with Crippen LogP contribution in [0.3, 0.4) is 0 Å². The van der Waals surface area contributed by atoms with Gasteiger partial charge in [-0.3, -0.25) is 14.9 Å². The Morgan fingerprint density at radius 1 is 1.15 bits per heavy atom. The largest absolute Gasteiger partial charge is 0.344 e. The molecule has 2 rings (SSSR count). The molecule has 0 radical (unpaired) electrons. The highest BCUT2D eigenvalue weighted by molar-refractivity contribution is 7.18. The number of amides is 2. The van der Waals surface area contributed by atoms with Gasteiger partial charge in [-0.25, -0.2) is 0 Å². The standard InChI is InChI=1S/C19H26N4O2S/c1-11(2)14(20-17(25)19(4,5)6)15(24)21-18-23-22-16(26-18)13-9-7-8-12(3)10-13/h7-11,14H,1-6H3,(H,20,25)(H,21,23,24). The van der Waals surface area contributed by atoms with Crippen LogP contribution >= 0.6 is 11.3 Å². The van der Waals surface area contributed by atoms with Gasteiger partial charge in [0.15, 0.2) is 0 Å². The summed E-state index contributed by atoms with van der Waals surface area (Å²) in [5.41, 5.74) is 1.53. The van der Waals surface area contributed by atoms with Gasteiger partial charge in [0.25, 0.3) is 0 Å². The molecule has 1 atom stereocenters. The number of hydrogen-bond donors (Lipinski definition) is 2. The maximum absolute atomic E-state index is 12.6. The molecule has 0 aliphatic carbocycles. The first kappa shape index (κ1) is 20.0. The Morgan fingerprint density at radius 3 is 2.42 bits per heavy atom. The highest BCUT2D eigenvalue weighted by Crippen LogP contribution is 2.27. The zero-order chi connectivity index (χ0) is 19.5. The minimum atomic E-state index is -0.631. The van der Waals surface area contributed by atoms with Gasteiger partial charge in [0.1, 0.15) is 11.0 Å². The number of rotatable bonds is 5. The van der Waals surface area contributed by atoms with E-state index in [2.05, 4.69) is 20.8 Å². The molecule has 7 heteroatoms. The number of aromatic nitrogens is 2. The number of carbonyl (C=O) groups is 2. The molecule has 0 fully saturated rings. The van der Waals surface area contributed by atoms with Gasteiger partial charge in [0.2, 0.25) is 16.9 Å². The van der Waals surface area contributed by atoms with Crippen molar-refractivity contribution in [1.29, 1.82) is 0 Å². The van der Waals surface area contributed by atoms with E-state index in [1.54, 1.807) is 0 Å². The molecule has 1 aromatic carbocycles. The normalized spacial score (nSPS) is 12.7. The quantitative estimate of drug-likeness (QED) is 0.837. The molecular formula is C19H26N4O2S. The first-order valence-corrected chi connectivity index (χ1v) is 9.42. The number of hydrogen-bond acceptors (Lipinski definition) is 5. The van der Waals surface area contributed by atoms with Gasteiger partial charge in [0, 0.05) is 11.0 Å². The summed E-state index contributed by atoms with van der Waals surface area (Å²) in [5.74, 6) is -0.501. The van der Waals surface area contributed by atoms with Gasteiger partial charge >= 0.3 is 0 Å². The van der Waals surface area contributed by atoms with E-state index in [0.717, 1.165) is 16.1 Å². The molecule has 0 aliphatic heterocycles. The van der Waals surface area contributed by atoms with Crippen molar-refractivity contribution >= 4 is 28.3 Å². The van der Waals surface area contributed by atoms with Crippen LogP contribution in [0.25, 0.3) is 10.6 Å². The second-order valence-electron chi connectivity index (χ2n) is 7.72. The van der Waals surface area contributed by atoms with E-state index in [-0.39, 0.29) is 17.7 Å². The van der Waals surface area contributed by atoms with Gasteiger partial charge in [-0.1, -0.05) is 69.7 Å². The summed E-state index contributed by atoms with van der Waals surface area (Å²) in [6.45, 7) is 11.2. The third kappa shape index (κ3) is 5.11. The molecule has 1 aromatic heterocycles. The molecule has 0 saturated heterocycles. The lowest BCUT2D eigenvalue weighted by Crippen LogP contribution is -2.50. The smallest absolute Gasteiger partial charge is 0.249 e. The van der Waals surface area contributed by atoms with Gasteiger partial charge in [-0.15, -0.1) is 10.2 Å². The minimum Gasteiger partial charge on any atom is -0.344 e. The lowest BCUT2D eigenvalue weighted by Gasteiger charge is -2.25. The SMILES string of the molecule is Cc1cccc(-c2nnc(NC(=O)C(NC(=O)C(C)(C)C)C(C)C)s2)c1. The van der Waals surface area contributed by atoms with Crippen molar-refractivity contribution in [2.24, 2.45) is 11.3 Å². The summed E-state index contributed by atoms with van der Waals surface area (Å²) < 4.78 is 0. The summed E-state index contributed by atoms with van der Waals surface area (Å²) in [6.07, 6.45) is 0. The van der Waals surface area contributed by atoms with E-state index >= 15 is 0 Å². The van der Waals surface area contributed by atoms with Gasteiger partial charge in [-0.05, 0) is 18.9 Å². The first-order valence-electron chi connectivity index (χ1n) is 8.60. The minimum absolute atomic E-state index is 0.0505. The van der Waals surface area contributed by atoms with Crippen molar-refractivity contribution in [3.05, 3.63) is 29.8 Å². The fourth-order valence-electron chi connectivity index (χ4n) is 2.24. The van der Waals surface area contributed by atoms with Crippen LogP contribution in [-0.2, 0) is 9.59 Å². The van der Waals surface area contributed by atoms with Gasteiger partial charge < -0.3 is 5.32 Å². The molecule has 140 valence electrons. The van der Waals surface area contributed by atoms with Crippen LogP contribution in [0.1, 0.15) is 40.2 Å². The predicted molar refractivity (Wildman–Crippen MR) is 105 cm³/mol. The van der Waals surface area contributed by atoms with Crippen LogP contribution in [0.15, 0.2) is 24.3 Å². The lowest BCUT2D eigenvalue weighted by molar-refractivity contribution is -0.132. The highest BCUT2D eigenvalue weighted by atomic mass is 32.1.